The zero-order valence-electron chi connectivity index (χ0n) is 22.5. The van der Waals surface area contributed by atoms with E-state index in [1.807, 2.05) is 6.20 Å². The molecular weight excluding hydrogens is 408 g/mol. The highest BCUT2D eigenvalue weighted by Gasteiger charge is 2.09. The third kappa shape index (κ3) is 12.7. The molecule has 0 aliphatic carbocycles. The van der Waals surface area contributed by atoms with Gasteiger partial charge in [-0.3, -0.25) is 15.0 Å². The van der Waals surface area contributed by atoms with Gasteiger partial charge in [0.15, 0.2) is 6.67 Å². The summed E-state index contributed by atoms with van der Waals surface area (Å²) in [5.41, 5.74) is 4.16. The first-order chi connectivity index (χ1) is 15.7. The van der Waals surface area contributed by atoms with Crippen LogP contribution in [0, 0.1) is 23.7 Å². The lowest BCUT2D eigenvalue weighted by molar-refractivity contribution is 0.696. The van der Waals surface area contributed by atoms with E-state index in [1.54, 1.807) is 0 Å². The van der Waals surface area contributed by atoms with Gasteiger partial charge in [-0.15, -0.1) is 5.11 Å². The van der Waals surface area contributed by atoms with Crippen molar-refractivity contribution in [1.82, 2.24) is 0 Å². The zero-order chi connectivity index (χ0) is 24.6. The van der Waals surface area contributed by atoms with Gasteiger partial charge in [0.25, 0.3) is 0 Å². The molecule has 0 N–H and O–H groups in total. The molecule has 0 fully saturated rings. The molecule has 0 bridgehead atoms. The van der Waals surface area contributed by atoms with Crippen LogP contribution in [-0.4, -0.2) is 42.7 Å². The molecule has 0 saturated carbocycles. The molecule has 6 nitrogen and oxygen atoms in total. The average molecular weight is 457 g/mol. The van der Waals surface area contributed by atoms with Crippen molar-refractivity contribution in [2.45, 2.75) is 93.9 Å². The third-order valence-corrected chi connectivity index (χ3v) is 5.72. The Hall–Kier alpha value is -1.98. The van der Waals surface area contributed by atoms with E-state index in [0.29, 0.717) is 30.3 Å². The van der Waals surface area contributed by atoms with Gasteiger partial charge in [0.2, 0.25) is 0 Å². The van der Waals surface area contributed by atoms with Crippen LogP contribution in [0.3, 0.4) is 0 Å². The summed E-state index contributed by atoms with van der Waals surface area (Å²) in [7, 11) is 0. The fraction of sp³-hybridized carbons (Fsp3) is 0.778. The number of aliphatic imine (C=N–C) groups is 4. The first-order valence-corrected chi connectivity index (χ1v) is 12.9. The highest BCUT2D eigenvalue weighted by Crippen LogP contribution is 2.12. The molecule has 33 heavy (non-hydrogen) atoms. The molecule has 0 aromatic rings. The van der Waals surface area contributed by atoms with Crippen molar-refractivity contribution in [1.29, 1.82) is 0 Å². The van der Waals surface area contributed by atoms with Crippen LogP contribution >= 0.6 is 0 Å². The van der Waals surface area contributed by atoms with Gasteiger partial charge in [-0.2, -0.15) is 5.11 Å². The Morgan fingerprint density at radius 1 is 0.636 bits per heavy atom. The summed E-state index contributed by atoms with van der Waals surface area (Å²) in [4.78, 5) is 17.0. The van der Waals surface area contributed by atoms with Gasteiger partial charge < -0.3 is 0 Å². The molecule has 4 aliphatic rings. The summed E-state index contributed by atoms with van der Waals surface area (Å²) in [6.07, 6.45) is 11.5. The number of hydrogen-bond acceptors (Lipinski definition) is 6. The van der Waals surface area contributed by atoms with Crippen molar-refractivity contribution >= 4 is 23.0 Å². The Labute approximate surface area is 203 Å². The first kappa shape index (κ1) is 29.1. The van der Waals surface area contributed by atoms with Crippen LogP contribution < -0.4 is 0 Å². The van der Waals surface area contributed by atoms with Crippen LogP contribution in [0.1, 0.15) is 93.9 Å². The lowest BCUT2D eigenvalue weighted by atomic mass is 10.00. The number of amidine groups is 1. The molecule has 0 saturated heterocycles. The molecule has 0 aromatic carbocycles. The Bertz CT molecular complexity index is 730. The monoisotopic (exact) mass is 456 g/mol. The molecule has 0 radical (unpaired) electrons. The van der Waals surface area contributed by atoms with E-state index in [4.69, 9.17) is 0 Å². The van der Waals surface area contributed by atoms with E-state index >= 15 is 0 Å². The maximum absolute atomic E-state index is 4.45. The van der Waals surface area contributed by atoms with Crippen LogP contribution in [0.25, 0.3) is 0 Å². The number of rotatable bonds is 4. The molecule has 186 valence electrons. The van der Waals surface area contributed by atoms with Gasteiger partial charge in [-0.1, -0.05) is 61.5 Å². The van der Waals surface area contributed by atoms with Gasteiger partial charge in [0.05, 0.1) is 0 Å². The van der Waals surface area contributed by atoms with E-state index in [2.05, 4.69) is 91.7 Å². The van der Waals surface area contributed by atoms with Crippen molar-refractivity contribution in [3.05, 3.63) is 12.3 Å². The number of nitrogens with zero attached hydrogens (tertiary/aromatic N) is 6. The summed E-state index contributed by atoms with van der Waals surface area (Å²) in [5, 5.41) is 7.52. The number of azo groups is 1. The van der Waals surface area contributed by atoms with Gasteiger partial charge >= 0.3 is 0 Å². The maximum atomic E-state index is 4.45. The minimum Gasteiger partial charge on any atom is -0.294 e. The quantitative estimate of drug-likeness (QED) is 0.417. The van der Waals surface area contributed by atoms with E-state index < -0.39 is 0 Å². The zero-order valence-corrected chi connectivity index (χ0v) is 22.5. The maximum Gasteiger partial charge on any atom is 0.152 e. The first-order valence-electron chi connectivity index (χ1n) is 12.9. The SMILES string of the molecule is CC(C)C1=NC=CC1.CC(C)C1=NCCC1.CC(C)C1=NCCCC1.CC(C)C1=NCN=N1. The fourth-order valence-electron chi connectivity index (χ4n) is 3.52. The van der Waals surface area contributed by atoms with Crippen molar-refractivity contribution < 1.29 is 0 Å². The summed E-state index contributed by atoms with van der Waals surface area (Å²) >= 11 is 0. The van der Waals surface area contributed by atoms with Gasteiger partial charge in [0, 0.05) is 48.8 Å². The fourth-order valence-corrected chi connectivity index (χ4v) is 3.52. The van der Waals surface area contributed by atoms with Gasteiger partial charge in [-0.05, 0) is 49.9 Å². The largest absolute Gasteiger partial charge is 0.294 e. The minimum absolute atomic E-state index is 0.432. The van der Waals surface area contributed by atoms with Crippen molar-refractivity contribution in [3.63, 3.8) is 0 Å². The molecule has 4 heterocycles. The minimum atomic E-state index is 0.432. The Morgan fingerprint density at radius 3 is 1.48 bits per heavy atom. The smallest absolute Gasteiger partial charge is 0.152 e. The number of hydrogen-bond donors (Lipinski definition) is 0. The van der Waals surface area contributed by atoms with Crippen LogP contribution in [0.15, 0.2) is 42.5 Å². The van der Waals surface area contributed by atoms with Crippen molar-refractivity contribution in [2.75, 3.05) is 19.8 Å². The van der Waals surface area contributed by atoms with E-state index in [-0.39, 0.29) is 0 Å². The van der Waals surface area contributed by atoms with Gasteiger partial charge in [0.1, 0.15) is 5.84 Å². The second-order valence-corrected chi connectivity index (χ2v) is 10.0. The highest BCUT2D eigenvalue weighted by molar-refractivity contribution is 5.89. The molecule has 6 heteroatoms. The normalized spacial score (nSPS) is 18.8. The average Bonchev–Trinajstić information content (AvgIpc) is 3.59. The lowest BCUT2D eigenvalue weighted by Gasteiger charge is -2.13. The van der Waals surface area contributed by atoms with Crippen LogP contribution in [0.5, 0.6) is 0 Å². The van der Waals surface area contributed by atoms with Crippen molar-refractivity contribution in [3.8, 4) is 0 Å². The third-order valence-electron chi connectivity index (χ3n) is 5.72. The summed E-state index contributed by atoms with van der Waals surface area (Å²) in [5.74, 6) is 3.32. The lowest BCUT2D eigenvalue weighted by Crippen LogP contribution is -2.12. The van der Waals surface area contributed by atoms with Crippen LogP contribution in [-0.2, 0) is 0 Å². The molecule has 4 rings (SSSR count). The summed E-state index contributed by atoms with van der Waals surface area (Å²) in [6, 6.07) is 0. The Kier molecular flexibility index (Phi) is 14.6. The second kappa shape index (κ2) is 16.6. The van der Waals surface area contributed by atoms with Crippen molar-refractivity contribution in [2.24, 2.45) is 53.9 Å². The van der Waals surface area contributed by atoms with Crippen LogP contribution in [0.4, 0.5) is 0 Å². The van der Waals surface area contributed by atoms with E-state index in [1.165, 1.54) is 49.2 Å². The standard InChI is InChI=1S/C8H15N.C7H13N.C7H11N.C5H9N3/c1-7(2)8-5-3-4-6-9-8;2*1-6(2)7-4-3-5-8-7;1-4(2)5-6-3-7-8-5/h7H,3-6H2,1-2H3;6H,3-5H2,1-2H3;3,5-6H,4H2,1-2H3;4H,3H2,1-2H3. The van der Waals surface area contributed by atoms with E-state index in [0.717, 1.165) is 25.3 Å². The predicted octanol–water partition coefficient (Wildman–Crippen LogP) is 7.61. The molecule has 0 atom stereocenters. The summed E-state index contributed by atoms with van der Waals surface area (Å²) < 4.78 is 0. The predicted molar refractivity (Wildman–Crippen MR) is 145 cm³/mol. The molecule has 0 amide bonds. The molecule has 0 aromatic heterocycles. The molecular formula is C27H48N6. The molecule has 0 unspecified atom stereocenters. The Balaban J connectivity index is 0.000000220. The second-order valence-electron chi connectivity index (χ2n) is 10.0. The van der Waals surface area contributed by atoms with Gasteiger partial charge in [-0.25, -0.2) is 4.99 Å². The Morgan fingerprint density at radius 2 is 1.21 bits per heavy atom. The molecule has 4 aliphatic heterocycles. The topological polar surface area (TPSA) is 74.2 Å². The molecule has 0 spiro atoms. The summed E-state index contributed by atoms with van der Waals surface area (Å²) in [6.45, 7) is 20.0. The van der Waals surface area contributed by atoms with Crippen LogP contribution in [0.2, 0.25) is 0 Å². The van der Waals surface area contributed by atoms with E-state index in [9.17, 15) is 0 Å². The number of allylic oxidation sites excluding steroid dienone is 1. The highest BCUT2D eigenvalue weighted by atomic mass is 15.3.